The number of nitrogens with zero attached hydrogens (tertiary/aromatic N) is 1. The first-order valence-corrected chi connectivity index (χ1v) is 4.96. The van der Waals surface area contributed by atoms with Gasteiger partial charge in [-0.25, -0.2) is 4.79 Å². The predicted molar refractivity (Wildman–Crippen MR) is 57.4 cm³/mol. The summed E-state index contributed by atoms with van der Waals surface area (Å²) in [5.41, 5.74) is 0.574. The molecule has 0 aromatic carbocycles. The Morgan fingerprint density at radius 3 is 2.47 bits per heavy atom. The molecule has 0 fully saturated rings. The highest BCUT2D eigenvalue weighted by molar-refractivity contribution is 5.87. The van der Waals surface area contributed by atoms with E-state index in [1.807, 2.05) is 20.8 Å². The molecule has 0 atom stereocenters. The molecule has 1 N–H and O–H groups in total. The number of rotatable bonds is 3. The van der Waals surface area contributed by atoms with Gasteiger partial charge in [0.15, 0.2) is 0 Å². The van der Waals surface area contributed by atoms with Crippen molar-refractivity contribution < 1.29 is 9.90 Å². The number of carbonyl (C=O) groups is 1. The van der Waals surface area contributed by atoms with Gasteiger partial charge in [0.1, 0.15) is 0 Å². The van der Waals surface area contributed by atoms with Gasteiger partial charge in [0.25, 0.3) is 5.56 Å². The number of aromatic carboxylic acids is 1. The van der Waals surface area contributed by atoms with E-state index in [1.54, 1.807) is 10.6 Å². The Morgan fingerprint density at radius 1 is 1.47 bits per heavy atom. The van der Waals surface area contributed by atoms with E-state index in [0.717, 1.165) is 5.69 Å². The van der Waals surface area contributed by atoms with Crippen molar-refractivity contribution in [1.29, 1.82) is 0 Å². The maximum absolute atomic E-state index is 11.7. The summed E-state index contributed by atoms with van der Waals surface area (Å²) < 4.78 is 1.62. The number of pyridine rings is 1. The van der Waals surface area contributed by atoms with Gasteiger partial charge >= 0.3 is 5.97 Å². The molecule has 0 aliphatic carbocycles. The van der Waals surface area contributed by atoms with Gasteiger partial charge in [-0.1, -0.05) is 6.92 Å². The monoisotopic (exact) mass is 209 g/mol. The van der Waals surface area contributed by atoms with Crippen LogP contribution in [0.2, 0.25) is 0 Å². The van der Waals surface area contributed by atoms with Crippen LogP contribution in [0, 0.1) is 0 Å². The van der Waals surface area contributed by atoms with Gasteiger partial charge in [0, 0.05) is 17.8 Å². The fraction of sp³-hybridized carbons (Fsp3) is 0.455. The first kappa shape index (κ1) is 11.5. The summed E-state index contributed by atoms with van der Waals surface area (Å²) in [6, 6.07) is 2.78. The third-order valence-electron chi connectivity index (χ3n) is 2.27. The lowest BCUT2D eigenvalue weighted by molar-refractivity contribution is 0.0696. The minimum Gasteiger partial charge on any atom is -0.478 e. The van der Waals surface area contributed by atoms with Crippen LogP contribution >= 0.6 is 0 Å². The Hall–Kier alpha value is -1.58. The molecule has 0 bridgehead atoms. The van der Waals surface area contributed by atoms with Gasteiger partial charge in [-0.3, -0.25) is 4.79 Å². The molecule has 1 aromatic heterocycles. The van der Waals surface area contributed by atoms with Crippen LogP contribution in [0.4, 0.5) is 0 Å². The standard InChI is InChI=1S/C11H15NO3/c1-4-9-5-8(11(14)15)6-10(13)12(9)7(2)3/h5-7H,4H2,1-3H3,(H,14,15). The van der Waals surface area contributed by atoms with E-state index in [1.165, 1.54) is 6.07 Å². The lowest BCUT2D eigenvalue weighted by Gasteiger charge is -2.15. The van der Waals surface area contributed by atoms with Crippen molar-refractivity contribution in [3.8, 4) is 0 Å². The van der Waals surface area contributed by atoms with Crippen LogP contribution in [-0.2, 0) is 6.42 Å². The number of aromatic nitrogens is 1. The van der Waals surface area contributed by atoms with Crippen LogP contribution in [0.5, 0.6) is 0 Å². The summed E-state index contributed by atoms with van der Waals surface area (Å²) in [5.74, 6) is -1.06. The minimum atomic E-state index is -1.06. The second-order valence-corrected chi connectivity index (χ2v) is 3.70. The second kappa shape index (κ2) is 4.29. The molecule has 0 amide bonds. The quantitative estimate of drug-likeness (QED) is 0.824. The van der Waals surface area contributed by atoms with Gasteiger partial charge in [-0.15, -0.1) is 0 Å². The van der Waals surface area contributed by atoms with Crippen LogP contribution in [0.25, 0.3) is 0 Å². The van der Waals surface area contributed by atoms with Crippen LogP contribution in [0.15, 0.2) is 16.9 Å². The van der Waals surface area contributed by atoms with E-state index >= 15 is 0 Å². The molecule has 15 heavy (non-hydrogen) atoms. The van der Waals surface area contributed by atoms with Crippen molar-refractivity contribution in [3.05, 3.63) is 33.7 Å². The summed E-state index contributed by atoms with van der Waals surface area (Å²) in [4.78, 5) is 22.4. The zero-order valence-corrected chi connectivity index (χ0v) is 9.15. The lowest BCUT2D eigenvalue weighted by Crippen LogP contribution is -2.25. The molecule has 0 saturated heterocycles. The van der Waals surface area contributed by atoms with Gasteiger partial charge < -0.3 is 9.67 Å². The molecule has 0 aliphatic rings. The maximum Gasteiger partial charge on any atom is 0.335 e. The van der Waals surface area contributed by atoms with Crippen molar-refractivity contribution in [1.82, 2.24) is 4.57 Å². The molecule has 82 valence electrons. The third kappa shape index (κ3) is 2.26. The van der Waals surface area contributed by atoms with Crippen molar-refractivity contribution in [2.75, 3.05) is 0 Å². The SMILES string of the molecule is CCc1cc(C(=O)O)cc(=O)n1C(C)C. The molecule has 1 heterocycles. The van der Waals surface area contributed by atoms with E-state index < -0.39 is 5.97 Å². The number of aryl methyl sites for hydroxylation is 1. The molecular weight excluding hydrogens is 194 g/mol. The largest absolute Gasteiger partial charge is 0.478 e. The first-order valence-electron chi connectivity index (χ1n) is 4.96. The summed E-state index contributed by atoms with van der Waals surface area (Å²) in [6.07, 6.45) is 0.647. The average Bonchev–Trinajstić information content (AvgIpc) is 2.15. The highest BCUT2D eigenvalue weighted by atomic mass is 16.4. The number of hydrogen-bond acceptors (Lipinski definition) is 2. The smallest absolute Gasteiger partial charge is 0.335 e. The molecule has 0 unspecified atom stereocenters. The van der Waals surface area contributed by atoms with Gasteiger partial charge in [-0.05, 0) is 26.3 Å². The molecule has 4 heteroatoms. The van der Waals surface area contributed by atoms with E-state index in [-0.39, 0.29) is 17.2 Å². The van der Waals surface area contributed by atoms with Crippen LogP contribution in [0.3, 0.4) is 0 Å². The Kier molecular flexibility index (Phi) is 3.29. The fourth-order valence-corrected chi connectivity index (χ4v) is 1.62. The van der Waals surface area contributed by atoms with E-state index in [2.05, 4.69) is 0 Å². The Labute approximate surface area is 88.2 Å². The van der Waals surface area contributed by atoms with Crippen molar-refractivity contribution in [2.45, 2.75) is 33.2 Å². The highest BCUT2D eigenvalue weighted by Gasteiger charge is 2.11. The van der Waals surface area contributed by atoms with Gasteiger partial charge in [0.05, 0.1) is 5.56 Å². The molecule has 0 saturated carbocycles. The van der Waals surface area contributed by atoms with Crippen LogP contribution in [0.1, 0.15) is 42.9 Å². The zero-order valence-electron chi connectivity index (χ0n) is 9.15. The second-order valence-electron chi connectivity index (χ2n) is 3.70. The zero-order chi connectivity index (χ0) is 11.6. The molecule has 0 radical (unpaired) electrons. The highest BCUT2D eigenvalue weighted by Crippen LogP contribution is 2.09. The first-order chi connectivity index (χ1) is 6.97. The topological polar surface area (TPSA) is 59.3 Å². The Balaban J connectivity index is 3.44. The number of carboxylic acids is 1. The normalized spacial score (nSPS) is 10.7. The lowest BCUT2D eigenvalue weighted by atomic mass is 10.1. The maximum atomic E-state index is 11.7. The van der Waals surface area contributed by atoms with Crippen molar-refractivity contribution >= 4 is 5.97 Å². The molecule has 0 aliphatic heterocycles. The minimum absolute atomic E-state index is 0.0512. The predicted octanol–water partition coefficient (Wildman–Crippen LogP) is 1.69. The van der Waals surface area contributed by atoms with Crippen LogP contribution < -0.4 is 5.56 Å². The van der Waals surface area contributed by atoms with Gasteiger partial charge in [0.2, 0.25) is 0 Å². The molecule has 1 rings (SSSR count). The Bertz CT molecular complexity index is 432. The van der Waals surface area contributed by atoms with E-state index in [0.29, 0.717) is 6.42 Å². The molecule has 4 nitrogen and oxygen atoms in total. The number of carboxylic acid groups (broad SMARTS) is 1. The summed E-state index contributed by atoms with van der Waals surface area (Å²) in [6.45, 7) is 5.71. The summed E-state index contributed by atoms with van der Waals surface area (Å²) in [7, 11) is 0. The van der Waals surface area contributed by atoms with E-state index in [4.69, 9.17) is 5.11 Å². The third-order valence-corrected chi connectivity index (χ3v) is 2.27. The van der Waals surface area contributed by atoms with E-state index in [9.17, 15) is 9.59 Å². The van der Waals surface area contributed by atoms with Crippen molar-refractivity contribution in [2.24, 2.45) is 0 Å². The van der Waals surface area contributed by atoms with Gasteiger partial charge in [-0.2, -0.15) is 0 Å². The van der Waals surface area contributed by atoms with Crippen LogP contribution in [-0.4, -0.2) is 15.6 Å². The fourth-order valence-electron chi connectivity index (χ4n) is 1.62. The molecule has 1 aromatic rings. The Morgan fingerprint density at radius 2 is 2.07 bits per heavy atom. The molecule has 0 spiro atoms. The average molecular weight is 209 g/mol. The molecular formula is C11H15NO3. The van der Waals surface area contributed by atoms with Crippen molar-refractivity contribution in [3.63, 3.8) is 0 Å². The number of hydrogen-bond donors (Lipinski definition) is 1. The summed E-state index contributed by atoms with van der Waals surface area (Å²) >= 11 is 0. The summed E-state index contributed by atoms with van der Waals surface area (Å²) in [5, 5.41) is 8.81.